The fraction of sp³-hybridized carbons (Fsp3) is 0.700. The summed E-state index contributed by atoms with van der Waals surface area (Å²) >= 11 is 3.85. The van der Waals surface area contributed by atoms with E-state index in [-0.39, 0.29) is 0 Å². The molecule has 1 aromatic heterocycles. The SMILES string of the molecule is NCc1csc(CC2CCSCC2)n1. The normalized spacial score (nSPS) is 18.6. The van der Waals surface area contributed by atoms with Crippen LogP contribution in [-0.2, 0) is 13.0 Å². The summed E-state index contributed by atoms with van der Waals surface area (Å²) in [6, 6.07) is 0. The Balaban J connectivity index is 1.89. The van der Waals surface area contributed by atoms with Crippen LogP contribution in [0, 0.1) is 5.92 Å². The van der Waals surface area contributed by atoms with Crippen LogP contribution in [0.2, 0.25) is 0 Å². The number of hydrogen-bond donors (Lipinski definition) is 1. The lowest BCUT2D eigenvalue weighted by Gasteiger charge is -2.19. The van der Waals surface area contributed by atoms with Gasteiger partial charge < -0.3 is 5.73 Å². The first-order valence-corrected chi connectivity index (χ1v) is 7.13. The molecule has 1 saturated heterocycles. The van der Waals surface area contributed by atoms with Crippen molar-refractivity contribution in [3.63, 3.8) is 0 Å². The highest BCUT2D eigenvalue weighted by molar-refractivity contribution is 7.99. The van der Waals surface area contributed by atoms with Crippen molar-refractivity contribution in [3.8, 4) is 0 Å². The minimum atomic E-state index is 0.580. The molecular weight excluding hydrogens is 212 g/mol. The molecular formula is C10H16N2S2. The quantitative estimate of drug-likeness (QED) is 0.862. The second kappa shape index (κ2) is 5.14. The molecule has 1 fully saturated rings. The predicted octanol–water partition coefficient (Wildman–Crippen LogP) is 2.29. The molecule has 0 saturated carbocycles. The second-order valence-electron chi connectivity index (χ2n) is 3.70. The predicted molar refractivity (Wildman–Crippen MR) is 63.8 cm³/mol. The number of hydrogen-bond acceptors (Lipinski definition) is 4. The van der Waals surface area contributed by atoms with Crippen LogP contribution in [0.1, 0.15) is 23.5 Å². The average molecular weight is 228 g/mol. The lowest BCUT2D eigenvalue weighted by Crippen LogP contribution is -2.12. The van der Waals surface area contributed by atoms with Crippen LogP contribution < -0.4 is 5.73 Å². The summed E-state index contributed by atoms with van der Waals surface area (Å²) in [6.45, 7) is 0.580. The van der Waals surface area contributed by atoms with Crippen molar-refractivity contribution in [3.05, 3.63) is 16.1 Å². The van der Waals surface area contributed by atoms with Crippen molar-refractivity contribution in [2.75, 3.05) is 11.5 Å². The van der Waals surface area contributed by atoms with Gasteiger partial charge in [0.1, 0.15) is 0 Å². The van der Waals surface area contributed by atoms with E-state index in [4.69, 9.17) is 5.73 Å². The molecule has 14 heavy (non-hydrogen) atoms. The van der Waals surface area contributed by atoms with Gasteiger partial charge in [-0.1, -0.05) is 0 Å². The van der Waals surface area contributed by atoms with E-state index in [1.807, 2.05) is 0 Å². The zero-order chi connectivity index (χ0) is 9.80. The molecule has 0 aliphatic carbocycles. The van der Waals surface area contributed by atoms with Gasteiger partial charge in [0.25, 0.3) is 0 Å². The summed E-state index contributed by atoms with van der Waals surface area (Å²) in [7, 11) is 0. The third kappa shape index (κ3) is 2.72. The Morgan fingerprint density at radius 1 is 1.43 bits per heavy atom. The highest BCUT2D eigenvalue weighted by Crippen LogP contribution is 2.26. The Kier molecular flexibility index (Phi) is 3.84. The van der Waals surface area contributed by atoms with Crippen molar-refractivity contribution in [1.82, 2.24) is 4.98 Å². The first-order valence-electron chi connectivity index (χ1n) is 5.09. The highest BCUT2D eigenvalue weighted by Gasteiger charge is 2.15. The second-order valence-corrected chi connectivity index (χ2v) is 5.86. The number of thioether (sulfide) groups is 1. The van der Waals surface area contributed by atoms with Gasteiger partial charge in [0, 0.05) is 18.3 Å². The maximum atomic E-state index is 5.54. The summed E-state index contributed by atoms with van der Waals surface area (Å²) in [4.78, 5) is 4.51. The lowest BCUT2D eigenvalue weighted by atomic mass is 9.99. The Morgan fingerprint density at radius 3 is 2.86 bits per heavy atom. The minimum absolute atomic E-state index is 0.580. The van der Waals surface area contributed by atoms with E-state index in [1.54, 1.807) is 11.3 Å². The zero-order valence-electron chi connectivity index (χ0n) is 8.24. The smallest absolute Gasteiger partial charge is 0.0931 e. The average Bonchev–Trinajstić information content (AvgIpc) is 2.67. The number of nitrogens with zero attached hydrogens (tertiary/aromatic N) is 1. The van der Waals surface area contributed by atoms with E-state index in [2.05, 4.69) is 22.1 Å². The van der Waals surface area contributed by atoms with Crippen molar-refractivity contribution >= 4 is 23.1 Å². The van der Waals surface area contributed by atoms with Crippen molar-refractivity contribution in [2.45, 2.75) is 25.8 Å². The van der Waals surface area contributed by atoms with Gasteiger partial charge in [-0.15, -0.1) is 11.3 Å². The van der Waals surface area contributed by atoms with Gasteiger partial charge in [0.05, 0.1) is 10.7 Å². The first kappa shape index (κ1) is 10.5. The van der Waals surface area contributed by atoms with Gasteiger partial charge in [0.15, 0.2) is 0 Å². The highest BCUT2D eigenvalue weighted by atomic mass is 32.2. The van der Waals surface area contributed by atoms with E-state index in [0.29, 0.717) is 6.54 Å². The zero-order valence-corrected chi connectivity index (χ0v) is 9.87. The van der Waals surface area contributed by atoms with E-state index < -0.39 is 0 Å². The molecule has 0 unspecified atom stereocenters. The standard InChI is InChI=1S/C10H16N2S2/c11-6-9-7-14-10(12-9)5-8-1-3-13-4-2-8/h7-8H,1-6,11H2. The molecule has 0 aromatic carbocycles. The maximum absolute atomic E-state index is 5.54. The van der Waals surface area contributed by atoms with E-state index in [9.17, 15) is 0 Å². The Morgan fingerprint density at radius 2 is 2.21 bits per heavy atom. The fourth-order valence-electron chi connectivity index (χ4n) is 1.73. The van der Waals surface area contributed by atoms with E-state index >= 15 is 0 Å². The molecule has 2 N–H and O–H groups in total. The Bertz CT molecular complexity index is 279. The van der Waals surface area contributed by atoms with Crippen LogP contribution in [0.4, 0.5) is 0 Å². The summed E-state index contributed by atoms with van der Waals surface area (Å²) < 4.78 is 0. The largest absolute Gasteiger partial charge is 0.325 e. The summed E-state index contributed by atoms with van der Waals surface area (Å²) in [5.74, 6) is 3.53. The third-order valence-corrected chi connectivity index (χ3v) is 4.58. The van der Waals surface area contributed by atoms with Crippen LogP contribution in [0.25, 0.3) is 0 Å². The number of aromatic nitrogens is 1. The van der Waals surface area contributed by atoms with E-state index in [0.717, 1.165) is 11.6 Å². The molecule has 2 heterocycles. The molecule has 0 radical (unpaired) electrons. The topological polar surface area (TPSA) is 38.9 Å². The fourth-order valence-corrected chi connectivity index (χ4v) is 3.86. The lowest BCUT2D eigenvalue weighted by molar-refractivity contribution is 0.486. The molecule has 78 valence electrons. The molecule has 1 aromatic rings. The minimum Gasteiger partial charge on any atom is -0.325 e. The molecule has 0 spiro atoms. The van der Waals surface area contributed by atoms with Gasteiger partial charge in [0.2, 0.25) is 0 Å². The molecule has 0 amide bonds. The number of nitrogens with two attached hydrogens (primary N) is 1. The summed E-state index contributed by atoms with van der Waals surface area (Å²) in [6.07, 6.45) is 3.90. The molecule has 4 heteroatoms. The van der Waals surface area contributed by atoms with Crippen molar-refractivity contribution < 1.29 is 0 Å². The van der Waals surface area contributed by atoms with Gasteiger partial charge in [-0.2, -0.15) is 11.8 Å². The number of thiazole rings is 1. The van der Waals surface area contributed by atoms with Gasteiger partial charge in [-0.3, -0.25) is 0 Å². The molecule has 0 bridgehead atoms. The molecule has 0 atom stereocenters. The third-order valence-electron chi connectivity index (χ3n) is 2.61. The van der Waals surface area contributed by atoms with E-state index in [1.165, 1.54) is 35.8 Å². The van der Waals surface area contributed by atoms with Crippen LogP contribution >= 0.6 is 23.1 Å². The molecule has 2 rings (SSSR count). The number of rotatable bonds is 3. The van der Waals surface area contributed by atoms with Crippen molar-refractivity contribution in [1.29, 1.82) is 0 Å². The Labute approximate surface area is 93.3 Å². The van der Waals surface area contributed by atoms with Crippen LogP contribution in [-0.4, -0.2) is 16.5 Å². The van der Waals surface area contributed by atoms with Crippen LogP contribution in [0.15, 0.2) is 5.38 Å². The van der Waals surface area contributed by atoms with Crippen LogP contribution in [0.3, 0.4) is 0 Å². The molecule has 2 nitrogen and oxygen atoms in total. The van der Waals surface area contributed by atoms with Gasteiger partial charge >= 0.3 is 0 Å². The molecule has 1 aliphatic heterocycles. The van der Waals surface area contributed by atoms with Gasteiger partial charge in [-0.25, -0.2) is 4.98 Å². The summed E-state index contributed by atoms with van der Waals surface area (Å²) in [5.41, 5.74) is 6.59. The van der Waals surface area contributed by atoms with Crippen LogP contribution in [0.5, 0.6) is 0 Å². The summed E-state index contributed by atoms with van der Waals surface area (Å²) in [5, 5.41) is 3.37. The molecule has 1 aliphatic rings. The Hall–Kier alpha value is -0.0600. The van der Waals surface area contributed by atoms with Crippen molar-refractivity contribution in [2.24, 2.45) is 11.7 Å². The first-order chi connectivity index (χ1) is 6.88. The van der Waals surface area contributed by atoms with Gasteiger partial charge in [-0.05, 0) is 30.3 Å². The monoisotopic (exact) mass is 228 g/mol. The maximum Gasteiger partial charge on any atom is 0.0931 e.